The van der Waals surface area contributed by atoms with E-state index in [0.29, 0.717) is 18.1 Å². The molecule has 0 bridgehead atoms. The maximum Gasteiger partial charge on any atom is 0.261 e. The second-order valence-electron chi connectivity index (χ2n) is 6.90. The van der Waals surface area contributed by atoms with Gasteiger partial charge in [0, 0.05) is 18.2 Å². The predicted molar refractivity (Wildman–Crippen MR) is 102 cm³/mol. The third kappa shape index (κ3) is 4.42. The Morgan fingerprint density at radius 3 is 2.66 bits per heavy atom. The number of carbonyl (C=O) groups excluding carboxylic acids is 1. The minimum absolute atomic E-state index is 0.0728. The van der Waals surface area contributed by atoms with E-state index in [0.717, 1.165) is 25.3 Å². The number of carbonyl (C=O) groups is 1. The van der Waals surface area contributed by atoms with Crippen molar-refractivity contribution in [3.63, 3.8) is 0 Å². The van der Waals surface area contributed by atoms with Crippen LogP contribution in [0.5, 0.6) is 5.75 Å². The molecule has 8 heteroatoms. The fourth-order valence-electron chi connectivity index (χ4n) is 3.49. The van der Waals surface area contributed by atoms with Crippen LogP contribution in [-0.4, -0.2) is 39.1 Å². The normalized spacial score (nSPS) is 16.6. The van der Waals surface area contributed by atoms with Gasteiger partial charge in [-0.15, -0.1) is 0 Å². The average Bonchev–Trinajstić information content (AvgIpc) is 3.22. The number of aromatic nitrogens is 3. The third-order valence-electron chi connectivity index (χ3n) is 4.87. The maximum atomic E-state index is 13.5. The Balaban J connectivity index is 1.50. The van der Waals surface area contributed by atoms with E-state index in [1.54, 1.807) is 17.0 Å². The van der Waals surface area contributed by atoms with E-state index < -0.39 is 11.6 Å². The van der Waals surface area contributed by atoms with Crippen molar-refractivity contribution in [1.82, 2.24) is 20.1 Å². The van der Waals surface area contributed by atoms with Crippen molar-refractivity contribution in [3.05, 3.63) is 66.0 Å². The zero-order chi connectivity index (χ0) is 20.2. The molecule has 0 unspecified atom stereocenters. The van der Waals surface area contributed by atoms with Gasteiger partial charge in [-0.1, -0.05) is 18.2 Å². The molecule has 0 radical (unpaired) electrons. The molecule has 1 fully saturated rings. The Kier molecular flexibility index (Phi) is 5.50. The zero-order valence-electron chi connectivity index (χ0n) is 15.6. The number of nitrogens with one attached hydrogen (secondary N) is 1. The fourth-order valence-corrected chi connectivity index (χ4v) is 3.49. The summed E-state index contributed by atoms with van der Waals surface area (Å²) in [6, 6.07) is 12.0. The van der Waals surface area contributed by atoms with Gasteiger partial charge in [0.1, 0.15) is 23.2 Å². The van der Waals surface area contributed by atoms with Crippen molar-refractivity contribution >= 4 is 5.91 Å². The lowest BCUT2D eigenvalue weighted by Gasteiger charge is -2.34. The molecule has 1 aliphatic heterocycles. The molecule has 1 aliphatic rings. The van der Waals surface area contributed by atoms with Crippen molar-refractivity contribution in [1.29, 1.82) is 0 Å². The largest absolute Gasteiger partial charge is 0.484 e. The molecular formula is C21H20F2N4O2. The first-order valence-electron chi connectivity index (χ1n) is 9.46. The summed E-state index contributed by atoms with van der Waals surface area (Å²) in [7, 11) is 0. The number of rotatable bonds is 5. The maximum absolute atomic E-state index is 13.5. The number of hydrogen-bond acceptors (Lipinski definition) is 4. The Morgan fingerprint density at radius 1 is 1.14 bits per heavy atom. The summed E-state index contributed by atoms with van der Waals surface area (Å²) in [6.07, 6.45) is 2.56. The average molecular weight is 398 g/mol. The van der Waals surface area contributed by atoms with Gasteiger partial charge in [0.15, 0.2) is 12.4 Å². The minimum Gasteiger partial charge on any atom is -0.484 e. The molecule has 0 saturated carbocycles. The lowest BCUT2D eigenvalue weighted by atomic mass is 10.0. The van der Waals surface area contributed by atoms with Crippen LogP contribution in [0.15, 0.2) is 48.5 Å². The number of aromatic amines is 1. The number of nitrogens with zero attached hydrogens (tertiary/aromatic N) is 3. The zero-order valence-corrected chi connectivity index (χ0v) is 15.6. The summed E-state index contributed by atoms with van der Waals surface area (Å²) in [5.41, 5.74) is 0.242. The van der Waals surface area contributed by atoms with Crippen molar-refractivity contribution in [3.8, 4) is 17.1 Å². The molecule has 150 valence electrons. The van der Waals surface area contributed by atoms with Gasteiger partial charge >= 0.3 is 0 Å². The van der Waals surface area contributed by atoms with E-state index in [1.165, 1.54) is 12.1 Å². The van der Waals surface area contributed by atoms with E-state index in [1.807, 2.05) is 18.2 Å². The molecule has 1 N–H and O–H groups in total. The molecule has 29 heavy (non-hydrogen) atoms. The highest BCUT2D eigenvalue weighted by Crippen LogP contribution is 2.30. The summed E-state index contributed by atoms with van der Waals surface area (Å²) in [4.78, 5) is 18.9. The minimum atomic E-state index is -0.695. The van der Waals surface area contributed by atoms with Crippen molar-refractivity contribution < 1.29 is 18.3 Å². The number of benzene rings is 2. The summed E-state index contributed by atoms with van der Waals surface area (Å²) in [5.74, 6) is -0.218. The van der Waals surface area contributed by atoms with Crippen LogP contribution in [0.25, 0.3) is 11.4 Å². The van der Waals surface area contributed by atoms with Gasteiger partial charge in [-0.05, 0) is 43.5 Å². The Bertz CT molecular complexity index is 973. The van der Waals surface area contributed by atoms with Gasteiger partial charge in [-0.3, -0.25) is 9.89 Å². The number of hydrogen-bond donors (Lipinski definition) is 1. The molecule has 6 nitrogen and oxygen atoms in total. The van der Waals surface area contributed by atoms with Gasteiger partial charge in [0.05, 0.1) is 6.04 Å². The lowest BCUT2D eigenvalue weighted by molar-refractivity contribution is -0.137. The Hall–Kier alpha value is -3.29. The number of likely N-dealkylation sites (tertiary alicyclic amines) is 1. The van der Waals surface area contributed by atoms with Crippen molar-refractivity contribution in [2.24, 2.45) is 0 Å². The van der Waals surface area contributed by atoms with Crippen LogP contribution in [0, 0.1) is 11.6 Å². The monoisotopic (exact) mass is 398 g/mol. The van der Waals surface area contributed by atoms with E-state index in [2.05, 4.69) is 15.2 Å². The topological polar surface area (TPSA) is 71.1 Å². The van der Waals surface area contributed by atoms with Gasteiger partial charge < -0.3 is 9.64 Å². The second-order valence-corrected chi connectivity index (χ2v) is 6.90. The van der Waals surface area contributed by atoms with Gasteiger partial charge in [0.2, 0.25) is 0 Å². The van der Waals surface area contributed by atoms with Crippen LogP contribution < -0.4 is 4.74 Å². The molecule has 4 rings (SSSR count). The van der Waals surface area contributed by atoms with E-state index >= 15 is 0 Å². The lowest BCUT2D eigenvalue weighted by Crippen LogP contribution is -2.41. The molecular weight excluding hydrogens is 378 g/mol. The van der Waals surface area contributed by atoms with E-state index in [4.69, 9.17) is 4.74 Å². The van der Waals surface area contributed by atoms with Gasteiger partial charge in [-0.25, -0.2) is 13.8 Å². The Morgan fingerprint density at radius 2 is 1.90 bits per heavy atom. The van der Waals surface area contributed by atoms with E-state index in [-0.39, 0.29) is 29.9 Å². The molecule has 0 aliphatic carbocycles. The first kappa shape index (κ1) is 19.0. The number of piperidine rings is 1. The van der Waals surface area contributed by atoms with Gasteiger partial charge in [0.25, 0.3) is 5.91 Å². The third-order valence-corrected chi connectivity index (χ3v) is 4.87. The van der Waals surface area contributed by atoms with Crippen LogP contribution in [0.3, 0.4) is 0 Å². The second kappa shape index (κ2) is 8.38. The van der Waals surface area contributed by atoms with Gasteiger partial charge in [-0.2, -0.15) is 5.10 Å². The highest BCUT2D eigenvalue weighted by molar-refractivity contribution is 5.78. The summed E-state index contributed by atoms with van der Waals surface area (Å²) < 4.78 is 32.6. The molecule has 2 aromatic carbocycles. The van der Waals surface area contributed by atoms with Crippen LogP contribution in [0.4, 0.5) is 8.78 Å². The highest BCUT2D eigenvalue weighted by Gasteiger charge is 2.30. The first-order chi connectivity index (χ1) is 14.1. The van der Waals surface area contributed by atoms with Crippen LogP contribution in [0.1, 0.15) is 31.1 Å². The molecule has 1 amide bonds. The molecule has 3 aromatic rings. The van der Waals surface area contributed by atoms with Crippen molar-refractivity contribution in [2.45, 2.75) is 25.3 Å². The number of amides is 1. The summed E-state index contributed by atoms with van der Waals surface area (Å²) in [5, 5.41) is 6.92. The number of halogens is 2. The highest BCUT2D eigenvalue weighted by atomic mass is 19.1. The molecule has 1 aromatic heterocycles. The van der Waals surface area contributed by atoms with E-state index in [9.17, 15) is 13.6 Å². The fraction of sp³-hybridized carbons (Fsp3) is 0.286. The summed E-state index contributed by atoms with van der Waals surface area (Å²) in [6.45, 7) is 0.517. The quantitative estimate of drug-likeness (QED) is 0.708. The molecule has 2 heterocycles. The molecule has 1 atom stereocenters. The smallest absolute Gasteiger partial charge is 0.261 e. The number of para-hydroxylation sites is 1. The van der Waals surface area contributed by atoms with Crippen LogP contribution in [-0.2, 0) is 4.79 Å². The standard InChI is InChI=1S/C21H20F2N4O2/c22-15-10-14(11-16(23)12-15)20-24-21(26-25-20)18-8-4-5-9-27(18)19(28)13-29-17-6-2-1-3-7-17/h1-3,6-7,10-12,18H,4-5,8-9,13H2,(H,24,25,26)/t18-/m1/s1. The van der Waals surface area contributed by atoms with Crippen LogP contribution in [0.2, 0.25) is 0 Å². The SMILES string of the molecule is O=C(COc1ccccc1)N1CCCC[C@@H]1c1nc(-c2cc(F)cc(F)c2)n[nH]1. The number of ether oxygens (including phenoxy) is 1. The molecule has 0 spiro atoms. The van der Waals surface area contributed by atoms with Crippen molar-refractivity contribution in [2.75, 3.05) is 13.2 Å². The molecule has 1 saturated heterocycles. The Labute approximate surface area is 166 Å². The first-order valence-corrected chi connectivity index (χ1v) is 9.46. The predicted octanol–water partition coefficient (Wildman–Crippen LogP) is 3.88. The summed E-state index contributed by atoms with van der Waals surface area (Å²) >= 11 is 0. The van der Waals surface area contributed by atoms with Crippen LogP contribution >= 0.6 is 0 Å². The number of H-pyrrole nitrogens is 1.